The minimum Gasteiger partial charge on any atom is -0.370 e. The number of rotatable bonds is 6. The third-order valence-corrected chi connectivity index (χ3v) is 4.94. The van der Waals surface area contributed by atoms with E-state index in [1.54, 1.807) is 13.8 Å². The Morgan fingerprint density at radius 3 is 2.76 bits per heavy atom. The Morgan fingerprint density at radius 2 is 2.12 bits per heavy atom. The van der Waals surface area contributed by atoms with Crippen LogP contribution in [0.15, 0.2) is 18.3 Å². The lowest BCUT2D eigenvalue weighted by atomic mass is 10.1. The van der Waals surface area contributed by atoms with Crippen LogP contribution in [0.4, 0.5) is 10.6 Å². The molecule has 0 saturated carbocycles. The van der Waals surface area contributed by atoms with Gasteiger partial charge in [-0.25, -0.2) is 9.78 Å². The van der Waals surface area contributed by atoms with Gasteiger partial charge in [0, 0.05) is 32.4 Å². The van der Waals surface area contributed by atoms with Gasteiger partial charge in [0.05, 0.1) is 0 Å². The molecule has 0 aliphatic carbocycles. The van der Waals surface area contributed by atoms with E-state index in [0.717, 1.165) is 44.0 Å². The van der Waals surface area contributed by atoms with E-state index in [9.17, 15) is 9.59 Å². The number of urea groups is 1. The largest absolute Gasteiger partial charge is 0.370 e. The Labute approximate surface area is 148 Å². The standard InChI is InChI=1S/C18H27N5O2/c1-13-4-5-15(19-10-13)20-11-14-6-7-22(12-14)8-9-23-16(24)18(2,3)21-17(23)25/h4-5,10,14H,6-9,11-12H2,1-3H3,(H,19,20)(H,21,25)/t14-/m1/s1. The van der Waals surface area contributed by atoms with Crippen molar-refractivity contribution in [2.45, 2.75) is 32.7 Å². The molecule has 3 rings (SSSR count). The van der Waals surface area contributed by atoms with Crippen molar-refractivity contribution < 1.29 is 9.59 Å². The summed E-state index contributed by atoms with van der Waals surface area (Å²) in [6, 6.07) is 3.77. The fraction of sp³-hybridized carbons (Fsp3) is 0.611. The molecule has 0 aromatic carbocycles. The lowest BCUT2D eigenvalue weighted by Gasteiger charge is -2.20. The number of aryl methyl sites for hydroxylation is 1. The monoisotopic (exact) mass is 345 g/mol. The van der Waals surface area contributed by atoms with Gasteiger partial charge in [-0.05, 0) is 51.3 Å². The van der Waals surface area contributed by atoms with Gasteiger partial charge in [-0.3, -0.25) is 9.69 Å². The molecule has 7 heteroatoms. The first-order chi connectivity index (χ1) is 11.8. The maximum atomic E-state index is 12.2. The second kappa shape index (κ2) is 7.00. The molecule has 2 fully saturated rings. The Morgan fingerprint density at radius 1 is 1.32 bits per heavy atom. The van der Waals surface area contributed by atoms with Gasteiger partial charge in [0.1, 0.15) is 11.4 Å². The zero-order chi connectivity index (χ0) is 18.0. The van der Waals surface area contributed by atoms with Crippen LogP contribution < -0.4 is 10.6 Å². The van der Waals surface area contributed by atoms with E-state index in [1.807, 2.05) is 19.2 Å². The number of aromatic nitrogens is 1. The van der Waals surface area contributed by atoms with Gasteiger partial charge in [-0.2, -0.15) is 0 Å². The van der Waals surface area contributed by atoms with E-state index in [2.05, 4.69) is 26.6 Å². The number of carbonyl (C=O) groups is 2. The Kier molecular flexibility index (Phi) is 4.94. The molecular weight excluding hydrogens is 318 g/mol. The van der Waals surface area contributed by atoms with E-state index in [4.69, 9.17) is 0 Å². The SMILES string of the molecule is Cc1ccc(NC[C@H]2CCN(CCN3C(=O)NC(C)(C)C3=O)C2)nc1. The third kappa shape index (κ3) is 4.10. The van der Waals surface area contributed by atoms with Crippen LogP contribution in [0.5, 0.6) is 0 Å². The van der Waals surface area contributed by atoms with Gasteiger partial charge in [0.15, 0.2) is 0 Å². The van der Waals surface area contributed by atoms with Gasteiger partial charge in [0.2, 0.25) is 0 Å². The van der Waals surface area contributed by atoms with Gasteiger partial charge < -0.3 is 15.5 Å². The summed E-state index contributed by atoms with van der Waals surface area (Å²) in [5.41, 5.74) is 0.372. The molecular formula is C18H27N5O2. The zero-order valence-corrected chi connectivity index (χ0v) is 15.2. The summed E-state index contributed by atoms with van der Waals surface area (Å²) < 4.78 is 0. The predicted molar refractivity (Wildman–Crippen MR) is 96.3 cm³/mol. The lowest BCUT2D eigenvalue weighted by Crippen LogP contribution is -2.41. The highest BCUT2D eigenvalue weighted by Gasteiger charge is 2.44. The Balaban J connectivity index is 1.42. The van der Waals surface area contributed by atoms with E-state index < -0.39 is 5.54 Å². The minimum absolute atomic E-state index is 0.139. The van der Waals surface area contributed by atoms with Crippen molar-refractivity contribution in [3.05, 3.63) is 23.9 Å². The van der Waals surface area contributed by atoms with Crippen molar-refractivity contribution in [1.29, 1.82) is 0 Å². The summed E-state index contributed by atoms with van der Waals surface area (Å²) in [6.07, 6.45) is 2.98. The summed E-state index contributed by atoms with van der Waals surface area (Å²) >= 11 is 0. The number of nitrogens with one attached hydrogen (secondary N) is 2. The molecule has 136 valence electrons. The summed E-state index contributed by atoms with van der Waals surface area (Å²) in [5.74, 6) is 1.33. The third-order valence-electron chi connectivity index (χ3n) is 4.94. The Bertz CT molecular complexity index is 643. The first kappa shape index (κ1) is 17.7. The van der Waals surface area contributed by atoms with Crippen LogP contribution in [0.2, 0.25) is 0 Å². The summed E-state index contributed by atoms with van der Waals surface area (Å²) in [7, 11) is 0. The normalized spacial score (nSPS) is 23.2. The van der Waals surface area contributed by atoms with E-state index in [1.165, 1.54) is 4.90 Å². The van der Waals surface area contributed by atoms with Crippen molar-refractivity contribution in [3.63, 3.8) is 0 Å². The average molecular weight is 345 g/mol. The van der Waals surface area contributed by atoms with Crippen LogP contribution in [-0.2, 0) is 4.79 Å². The molecule has 2 N–H and O–H groups in total. The second-order valence-electron chi connectivity index (χ2n) is 7.57. The molecule has 0 bridgehead atoms. The number of hydrogen-bond acceptors (Lipinski definition) is 5. The van der Waals surface area contributed by atoms with Crippen molar-refractivity contribution in [2.24, 2.45) is 5.92 Å². The summed E-state index contributed by atoms with van der Waals surface area (Å²) in [4.78, 5) is 32.1. The van der Waals surface area contributed by atoms with Gasteiger partial charge in [-0.1, -0.05) is 6.07 Å². The number of nitrogens with zero attached hydrogens (tertiary/aromatic N) is 3. The number of carbonyl (C=O) groups excluding carboxylic acids is 2. The molecule has 7 nitrogen and oxygen atoms in total. The Hall–Kier alpha value is -2.15. The first-order valence-corrected chi connectivity index (χ1v) is 8.88. The number of anilines is 1. The van der Waals surface area contributed by atoms with Crippen molar-refractivity contribution in [3.8, 4) is 0 Å². The molecule has 1 aromatic heterocycles. The maximum absolute atomic E-state index is 12.2. The number of pyridine rings is 1. The van der Waals surface area contributed by atoms with Crippen molar-refractivity contribution in [1.82, 2.24) is 20.1 Å². The van der Waals surface area contributed by atoms with Crippen LogP contribution in [0.1, 0.15) is 25.8 Å². The summed E-state index contributed by atoms with van der Waals surface area (Å²) in [6.45, 7) is 9.56. The number of imide groups is 1. The molecule has 1 atom stereocenters. The van der Waals surface area contributed by atoms with Crippen molar-refractivity contribution >= 4 is 17.8 Å². The number of amides is 3. The highest BCUT2D eigenvalue weighted by atomic mass is 16.2. The van der Waals surface area contributed by atoms with Gasteiger partial charge in [-0.15, -0.1) is 0 Å². The highest BCUT2D eigenvalue weighted by molar-refractivity contribution is 6.06. The lowest BCUT2D eigenvalue weighted by molar-refractivity contribution is -0.130. The van der Waals surface area contributed by atoms with E-state index in [-0.39, 0.29) is 11.9 Å². The van der Waals surface area contributed by atoms with E-state index in [0.29, 0.717) is 12.5 Å². The first-order valence-electron chi connectivity index (χ1n) is 8.88. The van der Waals surface area contributed by atoms with Crippen LogP contribution in [0.3, 0.4) is 0 Å². The molecule has 0 unspecified atom stereocenters. The van der Waals surface area contributed by atoms with Gasteiger partial charge in [0.25, 0.3) is 5.91 Å². The quantitative estimate of drug-likeness (QED) is 0.763. The molecule has 2 saturated heterocycles. The molecule has 3 heterocycles. The van der Waals surface area contributed by atoms with E-state index >= 15 is 0 Å². The molecule has 2 aliphatic rings. The van der Waals surface area contributed by atoms with Gasteiger partial charge >= 0.3 is 6.03 Å². The van der Waals surface area contributed by atoms with Crippen LogP contribution in [-0.4, -0.2) is 65.0 Å². The van der Waals surface area contributed by atoms with Crippen LogP contribution in [0.25, 0.3) is 0 Å². The van der Waals surface area contributed by atoms with Crippen LogP contribution >= 0.6 is 0 Å². The molecule has 0 radical (unpaired) electrons. The molecule has 2 aliphatic heterocycles. The number of hydrogen-bond donors (Lipinski definition) is 2. The smallest absolute Gasteiger partial charge is 0.325 e. The van der Waals surface area contributed by atoms with Crippen molar-refractivity contribution in [2.75, 3.05) is 38.0 Å². The molecule has 25 heavy (non-hydrogen) atoms. The zero-order valence-electron chi connectivity index (χ0n) is 15.2. The molecule has 0 spiro atoms. The second-order valence-corrected chi connectivity index (χ2v) is 7.57. The maximum Gasteiger partial charge on any atom is 0.325 e. The minimum atomic E-state index is -0.782. The average Bonchev–Trinajstić information content (AvgIpc) is 3.08. The summed E-state index contributed by atoms with van der Waals surface area (Å²) in [5, 5.41) is 6.11. The predicted octanol–water partition coefficient (Wildman–Crippen LogP) is 1.45. The molecule has 3 amide bonds. The fourth-order valence-electron chi connectivity index (χ4n) is 3.37. The van der Waals surface area contributed by atoms with Crippen LogP contribution in [0, 0.1) is 12.8 Å². The topological polar surface area (TPSA) is 77.6 Å². The highest BCUT2D eigenvalue weighted by Crippen LogP contribution is 2.19. The molecule has 1 aromatic rings. The fourth-order valence-corrected chi connectivity index (χ4v) is 3.37. The number of likely N-dealkylation sites (tertiary alicyclic amines) is 1.